The van der Waals surface area contributed by atoms with E-state index in [1.165, 1.54) is 11.8 Å². The van der Waals surface area contributed by atoms with E-state index >= 15 is 0 Å². The van der Waals surface area contributed by atoms with Crippen LogP contribution in [0.5, 0.6) is 0 Å². The van der Waals surface area contributed by atoms with E-state index in [0.717, 1.165) is 21.1 Å². The van der Waals surface area contributed by atoms with Gasteiger partial charge in [-0.1, -0.05) is 39.0 Å². The molecule has 1 aliphatic rings. The van der Waals surface area contributed by atoms with Crippen molar-refractivity contribution in [3.05, 3.63) is 50.8 Å². The van der Waals surface area contributed by atoms with Gasteiger partial charge in [-0.3, -0.25) is 4.79 Å². The van der Waals surface area contributed by atoms with Crippen LogP contribution in [0, 0.1) is 6.92 Å². The van der Waals surface area contributed by atoms with Gasteiger partial charge in [0.05, 0.1) is 15.6 Å². The Morgan fingerprint density at radius 3 is 2.67 bits per heavy atom. The highest BCUT2D eigenvalue weighted by molar-refractivity contribution is 8.18. The van der Waals surface area contributed by atoms with E-state index in [4.69, 9.17) is 0 Å². The van der Waals surface area contributed by atoms with Crippen molar-refractivity contribution in [1.82, 2.24) is 10.3 Å². The number of aromatic nitrogens is 1. The second kappa shape index (κ2) is 6.53. The number of aryl methyl sites for hydroxylation is 1. The molecule has 1 saturated heterocycles. The number of rotatable bonds is 2. The van der Waals surface area contributed by atoms with Crippen molar-refractivity contribution in [3.8, 4) is 0 Å². The van der Waals surface area contributed by atoms with Crippen LogP contribution in [-0.2, 0) is 10.2 Å². The SMILES string of the molecule is Cc1ccccc1N=C1NC(=O)/C(=C/c2cnc(C(C)(C)C)s2)S1. The predicted octanol–water partition coefficient (Wildman–Crippen LogP) is 4.64. The van der Waals surface area contributed by atoms with Gasteiger partial charge in [-0.15, -0.1) is 11.3 Å². The van der Waals surface area contributed by atoms with Crippen LogP contribution in [0.1, 0.15) is 36.2 Å². The maximum atomic E-state index is 12.2. The fourth-order valence-electron chi connectivity index (χ4n) is 2.11. The number of nitrogens with one attached hydrogen (secondary N) is 1. The number of para-hydroxylation sites is 1. The van der Waals surface area contributed by atoms with Crippen LogP contribution in [0.25, 0.3) is 6.08 Å². The summed E-state index contributed by atoms with van der Waals surface area (Å²) in [6, 6.07) is 7.86. The molecule has 124 valence electrons. The van der Waals surface area contributed by atoms with Gasteiger partial charge in [-0.2, -0.15) is 0 Å². The summed E-state index contributed by atoms with van der Waals surface area (Å²) in [6.07, 6.45) is 3.70. The number of amides is 1. The first kappa shape index (κ1) is 16.9. The molecule has 0 saturated carbocycles. The number of nitrogens with zero attached hydrogens (tertiary/aromatic N) is 2. The lowest BCUT2D eigenvalue weighted by atomic mass is 9.98. The quantitative estimate of drug-likeness (QED) is 0.797. The molecule has 3 rings (SSSR count). The molecule has 1 N–H and O–H groups in total. The normalized spacial score (nSPS) is 18.4. The highest BCUT2D eigenvalue weighted by Gasteiger charge is 2.25. The van der Waals surface area contributed by atoms with E-state index in [1.807, 2.05) is 43.5 Å². The third kappa shape index (κ3) is 3.76. The van der Waals surface area contributed by atoms with Crippen LogP contribution in [0.4, 0.5) is 5.69 Å². The Labute approximate surface area is 150 Å². The minimum absolute atomic E-state index is 0.0178. The zero-order valence-corrected chi connectivity index (χ0v) is 15.7. The molecule has 0 aliphatic carbocycles. The second-order valence-electron chi connectivity index (χ2n) is 6.59. The van der Waals surface area contributed by atoms with Crippen LogP contribution in [0.15, 0.2) is 40.4 Å². The number of thiazole rings is 1. The van der Waals surface area contributed by atoms with Gasteiger partial charge in [0.2, 0.25) is 0 Å². The van der Waals surface area contributed by atoms with E-state index in [-0.39, 0.29) is 11.3 Å². The van der Waals surface area contributed by atoms with E-state index in [0.29, 0.717) is 10.1 Å². The van der Waals surface area contributed by atoms with Crippen molar-refractivity contribution in [2.45, 2.75) is 33.1 Å². The molecule has 1 aromatic heterocycles. The average molecular weight is 358 g/mol. The van der Waals surface area contributed by atoms with E-state index in [1.54, 1.807) is 11.3 Å². The molecule has 4 nitrogen and oxygen atoms in total. The van der Waals surface area contributed by atoms with Gasteiger partial charge in [0.15, 0.2) is 5.17 Å². The van der Waals surface area contributed by atoms with E-state index in [2.05, 4.69) is 36.1 Å². The largest absolute Gasteiger partial charge is 0.300 e. The Morgan fingerprint density at radius 1 is 1.25 bits per heavy atom. The first-order valence-corrected chi connectivity index (χ1v) is 9.28. The molecule has 1 fully saturated rings. The van der Waals surface area contributed by atoms with Crippen LogP contribution >= 0.6 is 23.1 Å². The minimum atomic E-state index is -0.113. The summed E-state index contributed by atoms with van der Waals surface area (Å²) in [5, 5.41) is 4.50. The molecular formula is C18H19N3OS2. The van der Waals surface area contributed by atoms with Gasteiger partial charge < -0.3 is 5.32 Å². The molecule has 24 heavy (non-hydrogen) atoms. The van der Waals surface area contributed by atoms with Crippen molar-refractivity contribution < 1.29 is 4.79 Å². The summed E-state index contributed by atoms with van der Waals surface area (Å²) in [5.74, 6) is -0.113. The summed E-state index contributed by atoms with van der Waals surface area (Å²) in [4.78, 5) is 22.8. The summed E-state index contributed by atoms with van der Waals surface area (Å²) >= 11 is 2.98. The number of benzene rings is 1. The van der Waals surface area contributed by atoms with Gasteiger partial charge in [-0.05, 0) is 36.4 Å². The molecule has 1 aromatic carbocycles. The molecule has 0 atom stereocenters. The lowest BCUT2D eigenvalue weighted by Gasteiger charge is -2.13. The summed E-state index contributed by atoms with van der Waals surface area (Å²) in [7, 11) is 0. The molecule has 0 unspecified atom stereocenters. The number of carbonyl (C=O) groups is 1. The molecule has 2 aromatic rings. The van der Waals surface area contributed by atoms with Gasteiger partial charge >= 0.3 is 0 Å². The number of carbonyl (C=O) groups excluding carboxylic acids is 1. The van der Waals surface area contributed by atoms with E-state index < -0.39 is 0 Å². The van der Waals surface area contributed by atoms with Gasteiger partial charge in [-0.25, -0.2) is 9.98 Å². The monoisotopic (exact) mass is 357 g/mol. The van der Waals surface area contributed by atoms with Gasteiger partial charge in [0.25, 0.3) is 5.91 Å². The topological polar surface area (TPSA) is 54.4 Å². The third-order valence-corrected chi connectivity index (χ3v) is 5.71. The fraction of sp³-hybridized carbons (Fsp3) is 0.278. The zero-order chi connectivity index (χ0) is 17.3. The first-order valence-electron chi connectivity index (χ1n) is 7.64. The van der Waals surface area contributed by atoms with Gasteiger partial charge in [0.1, 0.15) is 0 Å². The standard InChI is InChI=1S/C18H19N3OS2/c1-11-7-5-6-8-13(11)20-17-21-15(22)14(24-17)9-12-10-19-16(23-12)18(2,3)4/h5-10H,1-4H3,(H,20,21,22)/b14-9-. The van der Waals surface area contributed by atoms with E-state index in [9.17, 15) is 4.79 Å². The molecule has 0 bridgehead atoms. The Morgan fingerprint density at radius 2 is 2.00 bits per heavy atom. The minimum Gasteiger partial charge on any atom is -0.300 e. The van der Waals surface area contributed by atoms with Crippen LogP contribution in [0.3, 0.4) is 0 Å². The number of thioether (sulfide) groups is 1. The number of hydrogen-bond donors (Lipinski definition) is 1. The highest BCUT2D eigenvalue weighted by Crippen LogP contribution is 2.32. The van der Waals surface area contributed by atoms with Crippen molar-refractivity contribution in [3.63, 3.8) is 0 Å². The maximum absolute atomic E-state index is 12.2. The Hall–Kier alpha value is -1.92. The second-order valence-corrected chi connectivity index (χ2v) is 8.68. The van der Waals surface area contributed by atoms with Crippen LogP contribution in [-0.4, -0.2) is 16.1 Å². The van der Waals surface area contributed by atoms with Crippen LogP contribution < -0.4 is 5.32 Å². The Bertz CT molecular complexity index is 844. The first-order chi connectivity index (χ1) is 11.3. The van der Waals surface area contributed by atoms with Crippen molar-refractivity contribution in [1.29, 1.82) is 0 Å². The third-order valence-electron chi connectivity index (χ3n) is 3.43. The molecule has 0 spiro atoms. The summed E-state index contributed by atoms with van der Waals surface area (Å²) in [5.41, 5.74) is 1.97. The maximum Gasteiger partial charge on any atom is 0.264 e. The predicted molar refractivity (Wildman–Crippen MR) is 103 cm³/mol. The molecule has 2 heterocycles. The molecular weight excluding hydrogens is 338 g/mol. The summed E-state index contributed by atoms with van der Waals surface area (Å²) < 4.78 is 0. The number of amidine groups is 1. The molecule has 0 radical (unpaired) electrons. The fourth-order valence-corrected chi connectivity index (χ4v) is 3.93. The van der Waals surface area contributed by atoms with Crippen molar-refractivity contribution >= 4 is 45.9 Å². The Balaban J connectivity index is 1.82. The summed E-state index contributed by atoms with van der Waals surface area (Å²) in [6.45, 7) is 8.40. The van der Waals surface area contributed by atoms with Crippen molar-refractivity contribution in [2.75, 3.05) is 0 Å². The zero-order valence-electron chi connectivity index (χ0n) is 14.1. The van der Waals surface area contributed by atoms with Crippen molar-refractivity contribution in [2.24, 2.45) is 4.99 Å². The number of hydrogen-bond acceptors (Lipinski definition) is 5. The Kier molecular flexibility index (Phi) is 4.60. The number of aliphatic imine (C=N–C) groups is 1. The average Bonchev–Trinajstić information content (AvgIpc) is 3.09. The molecule has 1 amide bonds. The molecule has 6 heteroatoms. The van der Waals surface area contributed by atoms with Crippen LogP contribution in [0.2, 0.25) is 0 Å². The smallest absolute Gasteiger partial charge is 0.264 e. The lowest BCUT2D eigenvalue weighted by Crippen LogP contribution is -2.19. The highest BCUT2D eigenvalue weighted by atomic mass is 32.2. The van der Waals surface area contributed by atoms with Gasteiger partial charge in [0, 0.05) is 16.5 Å². The lowest BCUT2D eigenvalue weighted by molar-refractivity contribution is -0.115. The molecule has 1 aliphatic heterocycles.